The number of Topliss-reactive ketones (excluding diaryl/α,β-unsaturated/α-hetero) is 1. The third-order valence-corrected chi connectivity index (χ3v) is 11.1. The van der Waals surface area contributed by atoms with Crippen LogP contribution < -0.4 is 0 Å². The van der Waals surface area contributed by atoms with E-state index in [0.29, 0.717) is 29.1 Å². The second-order valence-electron chi connectivity index (χ2n) is 13.0. The van der Waals surface area contributed by atoms with Gasteiger partial charge in [-0.1, -0.05) is 13.8 Å². The van der Waals surface area contributed by atoms with Crippen molar-refractivity contribution in [1.82, 2.24) is 15.0 Å². The molecule has 0 amide bonds. The number of rotatable bonds is 3. The summed E-state index contributed by atoms with van der Waals surface area (Å²) >= 11 is 0. The summed E-state index contributed by atoms with van der Waals surface area (Å²) in [5.41, 5.74) is 0.312. The van der Waals surface area contributed by atoms with E-state index in [1.165, 1.54) is 24.1 Å². The Labute approximate surface area is 205 Å². The van der Waals surface area contributed by atoms with Gasteiger partial charge in [0.05, 0.1) is 5.60 Å². The Bertz CT molecular complexity index is 1140. The maximum absolute atomic E-state index is 13.6. The van der Waals surface area contributed by atoms with Gasteiger partial charge < -0.3 is 5.11 Å². The van der Waals surface area contributed by atoms with E-state index < -0.39 is 17.2 Å². The van der Waals surface area contributed by atoms with Gasteiger partial charge in [0, 0.05) is 18.1 Å². The summed E-state index contributed by atoms with van der Waals surface area (Å²) in [5.74, 6) is 0.720. The smallest absolute Gasteiger partial charge is 0.161 e. The van der Waals surface area contributed by atoms with E-state index in [1.807, 2.05) is 6.92 Å². The zero-order chi connectivity index (χ0) is 24.8. The number of ketones is 1. The van der Waals surface area contributed by atoms with Crippen LogP contribution in [-0.4, -0.2) is 31.5 Å². The number of halogens is 2. The predicted molar refractivity (Wildman–Crippen MR) is 128 cm³/mol. The quantitative estimate of drug-likeness (QED) is 0.607. The van der Waals surface area contributed by atoms with Gasteiger partial charge in [-0.25, -0.2) is 8.78 Å². The summed E-state index contributed by atoms with van der Waals surface area (Å²) in [5, 5.41) is 19.2. The lowest BCUT2D eigenvalue weighted by Crippen LogP contribution is -2.55. The third kappa shape index (κ3) is 3.59. The van der Waals surface area contributed by atoms with E-state index in [4.69, 9.17) is 0 Å². The lowest BCUT2D eigenvalue weighted by molar-refractivity contribution is -0.151. The van der Waals surface area contributed by atoms with Crippen molar-refractivity contribution in [3.63, 3.8) is 0 Å². The molecule has 1 aromatic heterocycles. The minimum atomic E-state index is -0.955. The SMILES string of the molecule is CC12CC[C@@](C)(O)C[C@H]1CCC1[C@@H]2CC[C@]2(C)[C@@H](C(=O)Cn3nc4cc(F)c(F)cc4n3)CC[C@@H]12. The van der Waals surface area contributed by atoms with Crippen LogP contribution >= 0.6 is 0 Å². The Morgan fingerprint density at radius 2 is 1.60 bits per heavy atom. The van der Waals surface area contributed by atoms with Crippen LogP contribution in [0.5, 0.6) is 0 Å². The third-order valence-electron chi connectivity index (χ3n) is 11.1. The van der Waals surface area contributed by atoms with Crippen LogP contribution in [-0.2, 0) is 11.3 Å². The summed E-state index contributed by atoms with van der Waals surface area (Å²) in [6.07, 6.45) is 9.57. The van der Waals surface area contributed by atoms with Crippen LogP contribution in [0.25, 0.3) is 11.0 Å². The molecule has 0 bridgehead atoms. The molecule has 2 unspecified atom stereocenters. The number of nitrogens with zero attached hydrogens (tertiary/aromatic N) is 3. The molecular weight excluding hydrogens is 448 g/mol. The number of aliphatic hydroxyl groups is 1. The zero-order valence-corrected chi connectivity index (χ0v) is 21.1. The number of aromatic nitrogens is 3. The molecule has 7 heteroatoms. The predicted octanol–water partition coefficient (Wildman–Crippen LogP) is 5.69. The summed E-state index contributed by atoms with van der Waals surface area (Å²) in [4.78, 5) is 14.8. The fourth-order valence-electron chi connectivity index (χ4n) is 9.24. The molecular formula is C28H37F2N3O2. The zero-order valence-electron chi connectivity index (χ0n) is 21.1. The molecule has 0 saturated heterocycles. The molecule has 4 aliphatic carbocycles. The summed E-state index contributed by atoms with van der Waals surface area (Å²) < 4.78 is 27.2. The first-order chi connectivity index (χ1) is 16.5. The molecule has 1 N–H and O–H groups in total. The molecule has 1 heterocycles. The van der Waals surface area contributed by atoms with Gasteiger partial charge in [-0.3, -0.25) is 4.79 Å². The summed E-state index contributed by atoms with van der Waals surface area (Å²) in [6.45, 7) is 6.88. The number of carbonyl (C=O) groups is 1. The molecule has 190 valence electrons. The second-order valence-corrected chi connectivity index (χ2v) is 13.0. The summed E-state index contributed by atoms with van der Waals surface area (Å²) in [6, 6.07) is 2.07. The highest BCUT2D eigenvalue weighted by Crippen LogP contribution is 2.68. The molecule has 0 spiro atoms. The fourth-order valence-corrected chi connectivity index (χ4v) is 9.24. The van der Waals surface area contributed by atoms with Crippen molar-refractivity contribution < 1.29 is 18.7 Å². The van der Waals surface area contributed by atoms with Crippen LogP contribution in [0.4, 0.5) is 8.78 Å². The van der Waals surface area contributed by atoms with Gasteiger partial charge in [-0.2, -0.15) is 15.0 Å². The molecule has 0 radical (unpaired) electrons. The van der Waals surface area contributed by atoms with Crippen molar-refractivity contribution in [1.29, 1.82) is 0 Å². The molecule has 2 aromatic rings. The number of hydrogen-bond donors (Lipinski definition) is 1. The lowest BCUT2D eigenvalue weighted by atomic mass is 9.44. The van der Waals surface area contributed by atoms with Crippen molar-refractivity contribution in [2.24, 2.45) is 40.4 Å². The van der Waals surface area contributed by atoms with Gasteiger partial charge in [0.15, 0.2) is 17.4 Å². The number of fused-ring (bicyclic) bond motifs is 6. The van der Waals surface area contributed by atoms with Crippen LogP contribution in [0.1, 0.15) is 78.6 Å². The fraction of sp³-hybridized carbons (Fsp3) is 0.750. The number of benzene rings is 1. The number of carbonyl (C=O) groups excluding carboxylic acids is 1. The molecule has 4 aliphatic rings. The Kier molecular flexibility index (Phi) is 5.24. The van der Waals surface area contributed by atoms with E-state index in [2.05, 4.69) is 24.0 Å². The maximum Gasteiger partial charge on any atom is 0.161 e. The van der Waals surface area contributed by atoms with E-state index in [9.17, 15) is 18.7 Å². The minimum Gasteiger partial charge on any atom is -0.390 e. The second kappa shape index (κ2) is 7.80. The Morgan fingerprint density at radius 3 is 2.29 bits per heavy atom. The van der Waals surface area contributed by atoms with Gasteiger partial charge in [0.25, 0.3) is 0 Å². The monoisotopic (exact) mass is 485 g/mol. The molecule has 1 aromatic carbocycles. The number of hydrogen-bond acceptors (Lipinski definition) is 4. The van der Waals surface area contributed by atoms with E-state index in [-0.39, 0.29) is 34.7 Å². The average Bonchev–Trinajstić information content (AvgIpc) is 3.34. The van der Waals surface area contributed by atoms with Crippen molar-refractivity contribution in [2.45, 2.75) is 90.7 Å². The molecule has 35 heavy (non-hydrogen) atoms. The van der Waals surface area contributed by atoms with Gasteiger partial charge in [-0.15, -0.1) is 0 Å². The molecule has 8 atom stereocenters. The van der Waals surface area contributed by atoms with Crippen molar-refractivity contribution in [3.05, 3.63) is 23.8 Å². The molecule has 4 saturated carbocycles. The highest BCUT2D eigenvalue weighted by atomic mass is 19.2. The Morgan fingerprint density at radius 1 is 0.943 bits per heavy atom. The first-order valence-corrected chi connectivity index (χ1v) is 13.5. The van der Waals surface area contributed by atoms with Gasteiger partial charge >= 0.3 is 0 Å². The first-order valence-electron chi connectivity index (χ1n) is 13.5. The molecule has 6 rings (SSSR count). The van der Waals surface area contributed by atoms with Crippen molar-refractivity contribution in [3.8, 4) is 0 Å². The van der Waals surface area contributed by atoms with E-state index in [0.717, 1.165) is 50.7 Å². The van der Waals surface area contributed by atoms with Gasteiger partial charge in [-0.05, 0) is 99.2 Å². The highest BCUT2D eigenvalue weighted by Gasteiger charge is 2.61. The van der Waals surface area contributed by atoms with Gasteiger partial charge in [0.1, 0.15) is 17.6 Å². The Balaban J connectivity index is 1.20. The van der Waals surface area contributed by atoms with Crippen LogP contribution in [0.2, 0.25) is 0 Å². The standard InChI is InChI=1S/C28H37F2N3O2/c1-26(35)10-11-27(2)16(14-26)4-5-17-18-6-7-20(28(18,3)9-8-19(17)27)25(34)15-33-31-23-12-21(29)22(30)13-24(23)32-33/h12-13,16-20,35H,4-11,14-15H2,1-3H3/t16-,17?,18+,19+,20-,26-,27?,28+/m1/s1. The Hall–Kier alpha value is -1.89. The molecule has 4 fully saturated rings. The van der Waals surface area contributed by atoms with Crippen LogP contribution in [0, 0.1) is 52.1 Å². The van der Waals surface area contributed by atoms with Crippen LogP contribution in [0.3, 0.4) is 0 Å². The van der Waals surface area contributed by atoms with Crippen molar-refractivity contribution >= 4 is 16.8 Å². The first kappa shape index (κ1) is 23.5. The highest BCUT2D eigenvalue weighted by molar-refractivity contribution is 5.82. The molecule has 5 nitrogen and oxygen atoms in total. The topological polar surface area (TPSA) is 68.0 Å². The van der Waals surface area contributed by atoms with Crippen molar-refractivity contribution in [2.75, 3.05) is 0 Å². The largest absolute Gasteiger partial charge is 0.390 e. The maximum atomic E-state index is 13.6. The minimum absolute atomic E-state index is 0.00754. The van der Waals surface area contributed by atoms with Gasteiger partial charge in [0.2, 0.25) is 0 Å². The normalized spacial score (nSPS) is 43.0. The van der Waals surface area contributed by atoms with E-state index >= 15 is 0 Å². The average molecular weight is 486 g/mol. The lowest BCUT2D eigenvalue weighted by Gasteiger charge is -2.61. The molecule has 0 aliphatic heterocycles. The summed E-state index contributed by atoms with van der Waals surface area (Å²) in [7, 11) is 0. The van der Waals surface area contributed by atoms with E-state index in [1.54, 1.807) is 0 Å². The van der Waals surface area contributed by atoms with Crippen LogP contribution in [0.15, 0.2) is 12.1 Å².